The lowest BCUT2D eigenvalue weighted by atomic mass is 10.0. The number of aliphatic hydroxyl groups is 3. The van der Waals surface area contributed by atoms with Gasteiger partial charge in [-0.25, -0.2) is 0 Å². The summed E-state index contributed by atoms with van der Waals surface area (Å²) in [4.78, 5) is 24.6. The first-order chi connectivity index (χ1) is 15.5. The summed E-state index contributed by atoms with van der Waals surface area (Å²) in [6.07, 6.45) is 0.277. The summed E-state index contributed by atoms with van der Waals surface area (Å²) in [6.45, 7) is 0.0943. The number of benzene rings is 2. The van der Waals surface area contributed by atoms with Gasteiger partial charge in [-0.1, -0.05) is 42.5 Å². The van der Waals surface area contributed by atoms with Crippen molar-refractivity contribution >= 4 is 5.91 Å². The van der Waals surface area contributed by atoms with Crippen LogP contribution in [0.5, 0.6) is 5.75 Å². The summed E-state index contributed by atoms with van der Waals surface area (Å²) in [5.74, 6) is -0.342. The fraction of sp³-hybridized carbons (Fsp3) is 0.250. The average molecular weight is 456 g/mol. The van der Waals surface area contributed by atoms with Crippen LogP contribution in [0, 0.1) is 0 Å². The zero-order chi connectivity index (χ0) is 22.9. The van der Waals surface area contributed by atoms with Gasteiger partial charge in [0, 0.05) is 30.9 Å². The van der Waals surface area contributed by atoms with E-state index in [1.807, 2.05) is 30.3 Å². The standard InChI is InChI=1S/C24H26N2O6.H2O/c27-14-11-25-24(31)19-8-6-18(7-9-19)22(30)21-23(20(29)10-12-26(21)13-15-28)32-16-17-4-2-1-3-5-17;/h1-10,12,22,27-28,30H,11,13-16H2,(H,25,31);1H2. The first-order valence-electron chi connectivity index (χ1n) is 10.2. The molecule has 0 saturated carbocycles. The first kappa shape index (κ1) is 25.8. The molecule has 0 fully saturated rings. The molecule has 1 aromatic heterocycles. The van der Waals surface area contributed by atoms with E-state index in [0.717, 1.165) is 5.56 Å². The van der Waals surface area contributed by atoms with E-state index in [1.54, 1.807) is 28.8 Å². The summed E-state index contributed by atoms with van der Waals surface area (Å²) in [6, 6.07) is 16.9. The highest BCUT2D eigenvalue weighted by Crippen LogP contribution is 2.28. The van der Waals surface area contributed by atoms with Crippen LogP contribution in [-0.2, 0) is 13.2 Å². The molecule has 0 saturated heterocycles. The van der Waals surface area contributed by atoms with Gasteiger partial charge in [0.15, 0.2) is 5.75 Å². The quantitative estimate of drug-likeness (QED) is 0.346. The Morgan fingerprint density at radius 2 is 1.70 bits per heavy atom. The predicted molar refractivity (Wildman–Crippen MR) is 122 cm³/mol. The SMILES string of the molecule is O.O=C(NCCO)c1ccc(C(O)c2c(OCc3ccccc3)c(=O)ccn2CCO)cc1. The van der Waals surface area contributed by atoms with Crippen LogP contribution in [-0.4, -0.2) is 51.0 Å². The number of nitrogens with one attached hydrogen (secondary N) is 1. The second kappa shape index (κ2) is 12.5. The van der Waals surface area contributed by atoms with Gasteiger partial charge in [-0.15, -0.1) is 0 Å². The minimum atomic E-state index is -1.23. The lowest BCUT2D eigenvalue weighted by Crippen LogP contribution is -2.26. The van der Waals surface area contributed by atoms with Gasteiger partial charge in [0.1, 0.15) is 12.7 Å². The van der Waals surface area contributed by atoms with E-state index in [9.17, 15) is 19.8 Å². The minimum Gasteiger partial charge on any atom is -0.483 e. The highest BCUT2D eigenvalue weighted by atomic mass is 16.5. The third-order valence-corrected chi connectivity index (χ3v) is 4.88. The van der Waals surface area contributed by atoms with Gasteiger partial charge in [0.25, 0.3) is 5.91 Å². The molecule has 33 heavy (non-hydrogen) atoms. The predicted octanol–water partition coefficient (Wildman–Crippen LogP) is 0.399. The minimum absolute atomic E-state index is 0. The highest BCUT2D eigenvalue weighted by Gasteiger charge is 2.22. The second-order valence-electron chi connectivity index (χ2n) is 7.09. The van der Waals surface area contributed by atoms with E-state index < -0.39 is 6.10 Å². The fourth-order valence-electron chi connectivity index (χ4n) is 3.28. The second-order valence-corrected chi connectivity index (χ2v) is 7.09. The summed E-state index contributed by atoms with van der Waals surface area (Å²) in [5, 5.41) is 32.0. The van der Waals surface area contributed by atoms with Crippen molar-refractivity contribution in [3.05, 3.63) is 99.5 Å². The average Bonchev–Trinajstić information content (AvgIpc) is 2.83. The van der Waals surface area contributed by atoms with Crippen molar-refractivity contribution in [1.29, 1.82) is 0 Å². The molecule has 0 radical (unpaired) electrons. The monoisotopic (exact) mass is 456 g/mol. The molecule has 9 nitrogen and oxygen atoms in total. The van der Waals surface area contributed by atoms with Crippen molar-refractivity contribution < 1.29 is 30.3 Å². The largest absolute Gasteiger partial charge is 0.483 e. The third kappa shape index (κ3) is 6.50. The van der Waals surface area contributed by atoms with Crippen molar-refractivity contribution in [2.24, 2.45) is 0 Å². The van der Waals surface area contributed by atoms with E-state index in [-0.39, 0.29) is 61.2 Å². The van der Waals surface area contributed by atoms with Gasteiger partial charge in [-0.05, 0) is 23.3 Å². The van der Waals surface area contributed by atoms with Gasteiger partial charge >= 0.3 is 0 Å². The van der Waals surface area contributed by atoms with E-state index in [1.165, 1.54) is 12.3 Å². The van der Waals surface area contributed by atoms with Gasteiger partial charge in [-0.2, -0.15) is 0 Å². The number of nitrogens with zero attached hydrogens (tertiary/aromatic N) is 1. The molecule has 6 N–H and O–H groups in total. The molecular weight excluding hydrogens is 428 g/mol. The Balaban J connectivity index is 0.00000385. The van der Waals surface area contributed by atoms with Crippen molar-refractivity contribution in [1.82, 2.24) is 9.88 Å². The van der Waals surface area contributed by atoms with Crippen LogP contribution in [0.2, 0.25) is 0 Å². The van der Waals surface area contributed by atoms with Gasteiger partial charge in [0.2, 0.25) is 5.43 Å². The van der Waals surface area contributed by atoms with E-state index >= 15 is 0 Å². The van der Waals surface area contributed by atoms with E-state index in [4.69, 9.17) is 9.84 Å². The molecule has 3 rings (SSSR count). The number of hydrogen-bond donors (Lipinski definition) is 4. The molecule has 1 unspecified atom stereocenters. The smallest absolute Gasteiger partial charge is 0.251 e. The van der Waals surface area contributed by atoms with E-state index in [0.29, 0.717) is 11.1 Å². The van der Waals surface area contributed by atoms with Crippen LogP contribution in [0.25, 0.3) is 0 Å². The molecule has 1 amide bonds. The van der Waals surface area contributed by atoms with Gasteiger partial charge in [0.05, 0.1) is 18.9 Å². The maximum atomic E-state index is 12.6. The normalized spacial score (nSPS) is 11.4. The Morgan fingerprint density at radius 1 is 1.00 bits per heavy atom. The maximum Gasteiger partial charge on any atom is 0.251 e. The molecule has 0 aliphatic heterocycles. The van der Waals surface area contributed by atoms with Crippen molar-refractivity contribution in [3.63, 3.8) is 0 Å². The molecule has 0 aliphatic carbocycles. The number of hydrogen-bond acceptors (Lipinski definition) is 6. The van der Waals surface area contributed by atoms with Gasteiger partial charge in [-0.3, -0.25) is 9.59 Å². The molecule has 1 atom stereocenters. The number of aliphatic hydroxyl groups excluding tert-OH is 3. The topological polar surface area (TPSA) is 153 Å². The molecular formula is C24H28N2O7. The molecule has 3 aromatic rings. The Hall–Kier alpha value is -3.50. The molecule has 0 bridgehead atoms. The zero-order valence-electron chi connectivity index (χ0n) is 18.0. The van der Waals surface area contributed by atoms with Crippen molar-refractivity contribution in [2.45, 2.75) is 19.3 Å². The number of carbonyl (C=O) groups excluding carboxylic acids is 1. The first-order valence-corrected chi connectivity index (χ1v) is 10.2. The number of ether oxygens (including phenoxy) is 1. The Labute approximate surface area is 190 Å². The van der Waals surface area contributed by atoms with Crippen molar-refractivity contribution in [2.75, 3.05) is 19.8 Å². The zero-order valence-corrected chi connectivity index (χ0v) is 18.0. The van der Waals surface area contributed by atoms with E-state index in [2.05, 4.69) is 5.32 Å². The summed E-state index contributed by atoms with van der Waals surface area (Å²) in [7, 11) is 0. The van der Waals surface area contributed by atoms with Crippen LogP contribution in [0.15, 0.2) is 71.7 Å². The van der Waals surface area contributed by atoms with Crippen LogP contribution < -0.4 is 15.5 Å². The van der Waals surface area contributed by atoms with Crippen LogP contribution in [0.3, 0.4) is 0 Å². The lowest BCUT2D eigenvalue weighted by Gasteiger charge is -2.21. The highest BCUT2D eigenvalue weighted by molar-refractivity contribution is 5.94. The number of rotatable bonds is 10. The van der Waals surface area contributed by atoms with Crippen LogP contribution in [0.1, 0.15) is 33.3 Å². The Kier molecular flexibility index (Phi) is 9.77. The van der Waals surface area contributed by atoms with Crippen molar-refractivity contribution in [3.8, 4) is 5.75 Å². The Bertz CT molecular complexity index is 1080. The number of pyridine rings is 1. The van der Waals surface area contributed by atoms with Gasteiger partial charge < -0.3 is 35.4 Å². The summed E-state index contributed by atoms with van der Waals surface area (Å²) in [5.41, 5.74) is 1.52. The molecule has 1 heterocycles. The molecule has 9 heteroatoms. The molecule has 0 aliphatic rings. The number of aromatic nitrogens is 1. The summed E-state index contributed by atoms with van der Waals surface area (Å²) < 4.78 is 7.40. The Morgan fingerprint density at radius 3 is 2.33 bits per heavy atom. The summed E-state index contributed by atoms with van der Waals surface area (Å²) >= 11 is 0. The van der Waals surface area contributed by atoms with Crippen LogP contribution in [0.4, 0.5) is 0 Å². The molecule has 0 spiro atoms. The molecule has 176 valence electrons. The van der Waals surface area contributed by atoms with Crippen LogP contribution >= 0.6 is 0 Å². The number of carbonyl (C=O) groups is 1. The maximum absolute atomic E-state index is 12.6. The third-order valence-electron chi connectivity index (χ3n) is 4.88. The number of amides is 1. The lowest BCUT2D eigenvalue weighted by molar-refractivity contribution is 0.0944. The molecule has 2 aromatic carbocycles. The fourth-order valence-corrected chi connectivity index (χ4v) is 3.28.